The summed E-state index contributed by atoms with van der Waals surface area (Å²) in [7, 11) is 0. The number of hydrogen-bond acceptors (Lipinski definition) is 2. The summed E-state index contributed by atoms with van der Waals surface area (Å²) in [6.45, 7) is 10.3. The topological polar surface area (TPSA) is 12.5 Å². The van der Waals surface area contributed by atoms with Gasteiger partial charge in [-0.15, -0.1) is 0 Å². The summed E-state index contributed by atoms with van der Waals surface area (Å²) in [6, 6.07) is 0. The molecular formula is C12H23NO. The maximum Gasteiger partial charge on any atom is 0.0678 e. The number of hydrogen-bond donors (Lipinski definition) is 0. The molecule has 1 heterocycles. The van der Waals surface area contributed by atoms with E-state index in [2.05, 4.69) is 25.7 Å². The highest BCUT2D eigenvalue weighted by molar-refractivity contribution is 4.95. The summed E-state index contributed by atoms with van der Waals surface area (Å²) in [5.41, 5.74) is 0.691. The van der Waals surface area contributed by atoms with Crippen molar-refractivity contribution in [1.29, 1.82) is 0 Å². The van der Waals surface area contributed by atoms with Crippen LogP contribution >= 0.6 is 0 Å². The van der Waals surface area contributed by atoms with Crippen molar-refractivity contribution >= 4 is 0 Å². The van der Waals surface area contributed by atoms with Gasteiger partial charge >= 0.3 is 0 Å². The van der Waals surface area contributed by atoms with Crippen LogP contribution < -0.4 is 0 Å². The van der Waals surface area contributed by atoms with Crippen molar-refractivity contribution in [2.24, 2.45) is 5.41 Å². The third-order valence-electron chi connectivity index (χ3n) is 3.76. The lowest BCUT2D eigenvalue weighted by Crippen LogP contribution is -2.47. The van der Waals surface area contributed by atoms with Crippen LogP contribution in [0.25, 0.3) is 0 Å². The van der Waals surface area contributed by atoms with Crippen molar-refractivity contribution in [3.8, 4) is 0 Å². The summed E-state index contributed by atoms with van der Waals surface area (Å²) in [5, 5.41) is 0. The van der Waals surface area contributed by atoms with Crippen LogP contribution in [0.5, 0.6) is 0 Å². The van der Waals surface area contributed by atoms with Crippen LogP contribution in [0.2, 0.25) is 0 Å². The van der Waals surface area contributed by atoms with E-state index in [0.717, 1.165) is 13.1 Å². The van der Waals surface area contributed by atoms with E-state index in [-0.39, 0.29) is 0 Å². The molecule has 82 valence electrons. The third kappa shape index (κ3) is 2.29. The summed E-state index contributed by atoms with van der Waals surface area (Å²) < 4.78 is 5.74. The van der Waals surface area contributed by atoms with Crippen molar-refractivity contribution in [2.75, 3.05) is 19.6 Å². The van der Waals surface area contributed by atoms with Gasteiger partial charge in [-0.3, -0.25) is 4.90 Å². The van der Waals surface area contributed by atoms with E-state index in [1.54, 1.807) is 0 Å². The zero-order chi connectivity index (χ0) is 10.2. The highest BCUT2D eigenvalue weighted by Gasteiger charge is 2.42. The van der Waals surface area contributed by atoms with E-state index in [1.165, 1.54) is 25.8 Å². The van der Waals surface area contributed by atoms with Crippen LogP contribution in [0.4, 0.5) is 0 Å². The molecule has 0 radical (unpaired) electrons. The fourth-order valence-corrected chi connectivity index (χ4v) is 2.69. The Morgan fingerprint density at radius 1 is 1.21 bits per heavy atom. The van der Waals surface area contributed by atoms with Gasteiger partial charge in [0.1, 0.15) is 0 Å². The lowest BCUT2D eigenvalue weighted by molar-refractivity contribution is -0.0727. The smallest absolute Gasteiger partial charge is 0.0678 e. The van der Waals surface area contributed by atoms with Crippen molar-refractivity contribution in [2.45, 2.75) is 52.2 Å². The molecule has 2 atom stereocenters. The first-order valence-corrected chi connectivity index (χ1v) is 6.01. The van der Waals surface area contributed by atoms with Gasteiger partial charge in [0, 0.05) is 19.6 Å². The second-order valence-corrected chi connectivity index (χ2v) is 5.30. The second kappa shape index (κ2) is 3.82. The highest BCUT2D eigenvalue weighted by Crippen LogP contribution is 2.49. The molecule has 2 nitrogen and oxygen atoms in total. The minimum Gasteiger partial charge on any atom is -0.373 e. The first-order chi connectivity index (χ1) is 6.63. The van der Waals surface area contributed by atoms with Gasteiger partial charge in [-0.05, 0) is 38.5 Å². The minimum atomic E-state index is 0.423. The zero-order valence-corrected chi connectivity index (χ0v) is 9.75. The molecule has 1 saturated heterocycles. The quantitative estimate of drug-likeness (QED) is 0.688. The Morgan fingerprint density at radius 2 is 1.79 bits per heavy atom. The molecule has 2 heteroatoms. The highest BCUT2D eigenvalue weighted by atomic mass is 16.5. The largest absolute Gasteiger partial charge is 0.373 e. The molecule has 0 aromatic heterocycles. The van der Waals surface area contributed by atoms with E-state index in [4.69, 9.17) is 4.74 Å². The van der Waals surface area contributed by atoms with Crippen LogP contribution in [-0.2, 0) is 4.74 Å². The fourth-order valence-electron chi connectivity index (χ4n) is 2.69. The van der Waals surface area contributed by atoms with Gasteiger partial charge in [0.2, 0.25) is 0 Å². The molecule has 1 saturated carbocycles. The maximum absolute atomic E-state index is 5.74. The number of morpholine rings is 1. The fraction of sp³-hybridized carbons (Fsp3) is 1.00. The van der Waals surface area contributed by atoms with Crippen LogP contribution in [0.3, 0.4) is 0 Å². The van der Waals surface area contributed by atoms with Crippen LogP contribution in [-0.4, -0.2) is 36.7 Å². The molecule has 0 unspecified atom stereocenters. The van der Waals surface area contributed by atoms with Crippen molar-refractivity contribution < 1.29 is 4.74 Å². The molecule has 0 N–H and O–H groups in total. The molecule has 1 aliphatic heterocycles. The number of rotatable bonds is 3. The summed E-state index contributed by atoms with van der Waals surface area (Å²) in [6.07, 6.45) is 5.10. The molecule has 0 spiro atoms. The lowest BCUT2D eigenvalue weighted by atomic mass is 10.0. The molecule has 2 aliphatic rings. The Bertz CT molecular complexity index is 190. The Labute approximate surface area is 87.6 Å². The van der Waals surface area contributed by atoms with E-state index in [0.29, 0.717) is 17.6 Å². The Balaban J connectivity index is 1.85. The van der Waals surface area contributed by atoms with Crippen molar-refractivity contribution in [3.05, 3.63) is 0 Å². The van der Waals surface area contributed by atoms with Crippen molar-refractivity contribution in [3.63, 3.8) is 0 Å². The zero-order valence-electron chi connectivity index (χ0n) is 9.75. The van der Waals surface area contributed by atoms with Gasteiger partial charge in [-0.25, -0.2) is 0 Å². The Morgan fingerprint density at radius 3 is 2.21 bits per heavy atom. The van der Waals surface area contributed by atoms with Gasteiger partial charge in [-0.2, -0.15) is 0 Å². The molecule has 2 fully saturated rings. The number of nitrogens with zero attached hydrogens (tertiary/aromatic N) is 1. The molecule has 0 aromatic carbocycles. The molecule has 2 rings (SSSR count). The first-order valence-electron chi connectivity index (χ1n) is 6.01. The van der Waals surface area contributed by atoms with Gasteiger partial charge in [-0.1, -0.05) is 6.92 Å². The summed E-state index contributed by atoms with van der Waals surface area (Å²) >= 11 is 0. The van der Waals surface area contributed by atoms with Gasteiger partial charge in [0.05, 0.1) is 12.2 Å². The molecule has 0 aromatic rings. The van der Waals surface area contributed by atoms with Gasteiger partial charge < -0.3 is 4.74 Å². The van der Waals surface area contributed by atoms with E-state index in [9.17, 15) is 0 Å². The van der Waals surface area contributed by atoms with E-state index >= 15 is 0 Å². The average molecular weight is 197 g/mol. The van der Waals surface area contributed by atoms with Crippen LogP contribution in [0.15, 0.2) is 0 Å². The first kappa shape index (κ1) is 10.4. The standard InChI is InChI=1S/C12H23NO/c1-4-12(5-6-12)9-13-7-10(2)14-11(3)8-13/h10-11H,4-9H2,1-3H3/t10-,11+. The molecule has 1 aliphatic carbocycles. The predicted octanol–water partition coefficient (Wildman–Crippen LogP) is 2.29. The predicted molar refractivity (Wildman–Crippen MR) is 58.4 cm³/mol. The molecule has 0 bridgehead atoms. The van der Waals surface area contributed by atoms with Crippen LogP contribution in [0, 0.1) is 5.41 Å². The summed E-state index contributed by atoms with van der Waals surface area (Å²) in [5.74, 6) is 0. The Hall–Kier alpha value is -0.0800. The third-order valence-corrected chi connectivity index (χ3v) is 3.76. The maximum atomic E-state index is 5.74. The van der Waals surface area contributed by atoms with Crippen molar-refractivity contribution in [1.82, 2.24) is 4.90 Å². The second-order valence-electron chi connectivity index (χ2n) is 5.30. The lowest BCUT2D eigenvalue weighted by Gasteiger charge is -2.37. The van der Waals surface area contributed by atoms with E-state index in [1.807, 2.05) is 0 Å². The SMILES string of the molecule is CCC1(CN2C[C@@H](C)O[C@@H](C)C2)CC1. The molecule has 0 amide bonds. The molecular weight excluding hydrogens is 174 g/mol. The van der Waals surface area contributed by atoms with Crippen LogP contribution in [0.1, 0.15) is 40.0 Å². The van der Waals surface area contributed by atoms with Gasteiger partial charge in [0.25, 0.3) is 0 Å². The van der Waals surface area contributed by atoms with Gasteiger partial charge in [0.15, 0.2) is 0 Å². The Kier molecular flexibility index (Phi) is 2.85. The minimum absolute atomic E-state index is 0.423. The normalized spacial score (nSPS) is 37.1. The molecule has 14 heavy (non-hydrogen) atoms. The van der Waals surface area contributed by atoms with E-state index < -0.39 is 0 Å². The summed E-state index contributed by atoms with van der Waals surface area (Å²) in [4.78, 5) is 2.61. The average Bonchev–Trinajstić information content (AvgIpc) is 2.83. The monoisotopic (exact) mass is 197 g/mol. The number of ether oxygens (including phenoxy) is 1.